The van der Waals surface area contributed by atoms with E-state index in [-0.39, 0.29) is 5.41 Å². The Morgan fingerprint density at radius 2 is 2.00 bits per heavy atom. The fourth-order valence-corrected chi connectivity index (χ4v) is 6.38. The highest BCUT2D eigenvalue weighted by molar-refractivity contribution is 7.81. The van der Waals surface area contributed by atoms with Crippen molar-refractivity contribution in [1.82, 2.24) is 4.98 Å². The third-order valence-corrected chi connectivity index (χ3v) is 7.71. The summed E-state index contributed by atoms with van der Waals surface area (Å²) in [4.78, 5) is 9.86. The summed E-state index contributed by atoms with van der Waals surface area (Å²) >= 11 is 7.53. The number of hydrogen-bond acceptors (Lipinski definition) is 5. The van der Waals surface area contributed by atoms with Crippen molar-refractivity contribution in [2.24, 2.45) is 5.41 Å². The van der Waals surface area contributed by atoms with Crippen LogP contribution in [0.1, 0.15) is 36.4 Å². The molecule has 1 fully saturated rings. The highest BCUT2D eigenvalue weighted by Gasteiger charge is 2.34. The normalized spacial score (nSPS) is 21.4. The number of morpholine rings is 1. The molecule has 1 aliphatic heterocycles. The lowest BCUT2D eigenvalue weighted by Gasteiger charge is -2.35. The van der Waals surface area contributed by atoms with Crippen LogP contribution in [0.25, 0.3) is 10.8 Å². The van der Waals surface area contributed by atoms with Gasteiger partial charge in [0, 0.05) is 11.4 Å². The molecule has 0 spiro atoms. The summed E-state index contributed by atoms with van der Waals surface area (Å²) in [5, 5.41) is 3.75. The van der Waals surface area contributed by atoms with E-state index in [2.05, 4.69) is 61.2 Å². The zero-order chi connectivity index (χ0) is 20.0. The number of thiocarbonyl (C=S) groups is 1. The molecule has 1 atom stereocenters. The molecule has 29 heavy (non-hydrogen) atoms. The van der Waals surface area contributed by atoms with E-state index < -0.39 is 0 Å². The van der Waals surface area contributed by atoms with Gasteiger partial charge in [0.05, 0.1) is 29.8 Å². The van der Waals surface area contributed by atoms with Crippen LogP contribution >= 0.6 is 23.6 Å². The van der Waals surface area contributed by atoms with Crippen molar-refractivity contribution in [2.45, 2.75) is 39.2 Å². The lowest BCUT2D eigenvalue weighted by molar-refractivity contribution is 0.0941. The quantitative estimate of drug-likeness (QED) is 0.525. The van der Waals surface area contributed by atoms with Crippen molar-refractivity contribution in [3.8, 4) is 0 Å². The van der Waals surface area contributed by atoms with Gasteiger partial charge in [-0.2, -0.15) is 0 Å². The summed E-state index contributed by atoms with van der Waals surface area (Å²) in [5.74, 6) is 0. The molecular weight excluding hydrogens is 396 g/mol. The van der Waals surface area contributed by atoms with E-state index in [0.29, 0.717) is 6.04 Å². The minimum atomic E-state index is 0.211. The summed E-state index contributed by atoms with van der Waals surface area (Å²) in [6.07, 6.45) is 2.96. The Bertz CT molecular complexity index is 1070. The van der Waals surface area contributed by atoms with E-state index in [1.54, 1.807) is 11.3 Å². The number of aromatic nitrogens is 1. The van der Waals surface area contributed by atoms with E-state index in [1.807, 2.05) is 0 Å². The van der Waals surface area contributed by atoms with Gasteiger partial charge >= 0.3 is 0 Å². The second-order valence-corrected chi connectivity index (χ2v) is 10.4. The predicted octanol–water partition coefficient (Wildman–Crippen LogP) is 5.43. The van der Waals surface area contributed by atoms with E-state index in [4.69, 9.17) is 21.9 Å². The van der Waals surface area contributed by atoms with Gasteiger partial charge in [0.1, 0.15) is 0 Å². The van der Waals surface area contributed by atoms with E-state index in [9.17, 15) is 0 Å². The van der Waals surface area contributed by atoms with Gasteiger partial charge in [0.15, 0.2) is 5.13 Å². The molecule has 150 valence electrons. The molecule has 0 bridgehead atoms. The standard InChI is InChI=1S/C24H26N2OS2/c1-24(2)13-20-22(21(28)14-24)29-23(25-20)26-10-11-27-15-18(26)12-17-8-5-7-16-6-3-4-9-19(16)17/h3-9,18H,10-15H2,1-2H3. The maximum atomic E-state index is 5.88. The van der Waals surface area contributed by atoms with Crippen LogP contribution in [0.5, 0.6) is 0 Å². The van der Waals surface area contributed by atoms with Crippen molar-refractivity contribution in [1.29, 1.82) is 0 Å². The Labute approximate surface area is 181 Å². The summed E-state index contributed by atoms with van der Waals surface area (Å²) in [7, 11) is 0. The number of fused-ring (bicyclic) bond motifs is 2. The molecule has 1 aromatic heterocycles. The van der Waals surface area contributed by atoms with Crippen LogP contribution in [-0.4, -0.2) is 35.6 Å². The Morgan fingerprint density at radius 3 is 2.90 bits per heavy atom. The lowest BCUT2D eigenvalue weighted by Crippen LogP contribution is -2.46. The molecule has 3 aromatic rings. The molecule has 0 amide bonds. The average Bonchev–Trinajstić information content (AvgIpc) is 3.12. The van der Waals surface area contributed by atoms with E-state index >= 15 is 0 Å². The fraction of sp³-hybridized carbons (Fsp3) is 0.417. The van der Waals surface area contributed by atoms with Crippen LogP contribution < -0.4 is 4.90 Å². The predicted molar refractivity (Wildman–Crippen MR) is 126 cm³/mol. The highest BCUT2D eigenvalue weighted by Crippen LogP contribution is 2.40. The number of hydrogen-bond donors (Lipinski definition) is 0. The van der Waals surface area contributed by atoms with Crippen molar-refractivity contribution in [3.63, 3.8) is 0 Å². The molecule has 1 unspecified atom stereocenters. The first-order valence-electron chi connectivity index (χ1n) is 10.3. The van der Waals surface area contributed by atoms with Gasteiger partial charge in [0.25, 0.3) is 0 Å². The molecule has 3 nitrogen and oxygen atoms in total. The van der Waals surface area contributed by atoms with Gasteiger partial charge in [-0.3, -0.25) is 0 Å². The first-order chi connectivity index (χ1) is 14.0. The number of benzene rings is 2. The molecule has 0 N–H and O–H groups in total. The van der Waals surface area contributed by atoms with Gasteiger partial charge < -0.3 is 9.64 Å². The SMILES string of the molecule is CC1(C)CC(=S)c2sc(N3CCOCC3Cc3cccc4ccccc34)nc2C1. The number of rotatable bonds is 3. The van der Waals surface area contributed by atoms with Crippen molar-refractivity contribution >= 4 is 44.3 Å². The molecule has 0 saturated carbocycles. The van der Waals surface area contributed by atoms with E-state index in [0.717, 1.165) is 49.0 Å². The van der Waals surface area contributed by atoms with Gasteiger partial charge in [-0.25, -0.2) is 4.98 Å². The molecule has 1 aliphatic carbocycles. The summed E-state index contributed by atoms with van der Waals surface area (Å²) in [6.45, 7) is 6.96. The second kappa shape index (κ2) is 7.46. The fourth-order valence-electron chi connectivity index (χ4n) is 4.63. The largest absolute Gasteiger partial charge is 0.377 e. The third-order valence-electron chi connectivity index (χ3n) is 6.03. The lowest BCUT2D eigenvalue weighted by atomic mass is 9.78. The molecule has 5 rings (SSSR count). The second-order valence-electron chi connectivity index (χ2n) is 8.98. The number of nitrogens with zero attached hydrogens (tertiary/aromatic N) is 2. The minimum absolute atomic E-state index is 0.211. The topological polar surface area (TPSA) is 25.4 Å². The van der Waals surface area contributed by atoms with Gasteiger partial charge in [-0.15, -0.1) is 0 Å². The van der Waals surface area contributed by atoms with Crippen LogP contribution in [0.3, 0.4) is 0 Å². The first kappa shape index (κ1) is 19.2. The molecule has 0 radical (unpaired) electrons. The van der Waals surface area contributed by atoms with Crippen LogP contribution in [0.2, 0.25) is 0 Å². The number of ether oxygens (including phenoxy) is 1. The molecule has 2 aliphatic rings. The molecule has 1 saturated heterocycles. The maximum absolute atomic E-state index is 5.88. The van der Waals surface area contributed by atoms with E-state index in [1.165, 1.54) is 26.9 Å². The van der Waals surface area contributed by atoms with Crippen molar-refractivity contribution < 1.29 is 4.74 Å². The first-order valence-corrected chi connectivity index (χ1v) is 11.6. The van der Waals surface area contributed by atoms with Gasteiger partial charge in [0.2, 0.25) is 0 Å². The minimum Gasteiger partial charge on any atom is -0.377 e. The molecule has 2 aromatic carbocycles. The van der Waals surface area contributed by atoms with Crippen LogP contribution in [0, 0.1) is 5.41 Å². The monoisotopic (exact) mass is 422 g/mol. The summed E-state index contributed by atoms with van der Waals surface area (Å²) < 4.78 is 5.88. The zero-order valence-corrected chi connectivity index (χ0v) is 18.6. The van der Waals surface area contributed by atoms with Crippen LogP contribution in [-0.2, 0) is 17.6 Å². The van der Waals surface area contributed by atoms with Crippen LogP contribution in [0.4, 0.5) is 5.13 Å². The molecule has 5 heteroatoms. The summed E-state index contributed by atoms with van der Waals surface area (Å²) in [5.41, 5.74) is 2.78. The number of anilines is 1. The Kier molecular flexibility index (Phi) is 4.93. The Morgan fingerprint density at radius 1 is 1.17 bits per heavy atom. The third kappa shape index (κ3) is 3.72. The van der Waals surface area contributed by atoms with Gasteiger partial charge in [-0.05, 0) is 41.0 Å². The highest BCUT2D eigenvalue weighted by atomic mass is 32.1. The zero-order valence-electron chi connectivity index (χ0n) is 17.0. The maximum Gasteiger partial charge on any atom is 0.186 e. The van der Waals surface area contributed by atoms with Crippen LogP contribution in [0.15, 0.2) is 42.5 Å². The average molecular weight is 423 g/mol. The molecular formula is C24H26N2OS2. The molecule has 2 heterocycles. The summed E-state index contributed by atoms with van der Waals surface area (Å²) in [6, 6.07) is 15.5. The van der Waals surface area contributed by atoms with Gasteiger partial charge in [-0.1, -0.05) is 79.9 Å². The van der Waals surface area contributed by atoms with Crippen molar-refractivity contribution in [3.05, 3.63) is 58.6 Å². The smallest absolute Gasteiger partial charge is 0.186 e. The number of thiazole rings is 1. The van der Waals surface area contributed by atoms with Crippen molar-refractivity contribution in [2.75, 3.05) is 24.7 Å². The Hall–Kier alpha value is -1.82. The Balaban J connectivity index is 1.46.